The van der Waals surface area contributed by atoms with Gasteiger partial charge in [0.25, 0.3) is 0 Å². The number of furan rings is 1. The smallest absolute Gasteiger partial charge is 0.371 e. The molecule has 2 heterocycles. The summed E-state index contributed by atoms with van der Waals surface area (Å²) in [5, 5.41) is 8.75. The lowest BCUT2D eigenvalue weighted by Crippen LogP contribution is -2.33. The summed E-state index contributed by atoms with van der Waals surface area (Å²) in [7, 11) is 0. The Balaban J connectivity index is 1.49. The highest BCUT2D eigenvalue weighted by Crippen LogP contribution is 2.30. The van der Waals surface area contributed by atoms with Crippen LogP contribution in [0.3, 0.4) is 0 Å². The van der Waals surface area contributed by atoms with Gasteiger partial charge in [-0.3, -0.25) is 0 Å². The molecule has 0 saturated heterocycles. The molecule has 0 bridgehead atoms. The molecule has 1 unspecified atom stereocenters. The lowest BCUT2D eigenvalue weighted by molar-refractivity contribution is -0.00183. The monoisotopic (exact) mass is 290 g/mol. The van der Waals surface area contributed by atoms with Crippen LogP contribution in [0.15, 0.2) is 40.8 Å². The highest BCUT2D eigenvalue weighted by atomic mass is 16.6. The number of carboxylic acids is 1. The van der Waals surface area contributed by atoms with Gasteiger partial charge in [0.15, 0.2) is 17.6 Å². The van der Waals surface area contributed by atoms with Crippen molar-refractivity contribution in [1.29, 1.82) is 0 Å². The van der Waals surface area contributed by atoms with Crippen molar-refractivity contribution in [2.45, 2.75) is 12.7 Å². The Morgan fingerprint density at radius 1 is 1.24 bits per heavy atom. The minimum absolute atomic E-state index is 0.0974. The molecule has 1 aromatic heterocycles. The first-order valence-corrected chi connectivity index (χ1v) is 6.50. The third kappa shape index (κ3) is 3.17. The lowest BCUT2D eigenvalue weighted by atomic mass is 10.3. The molecule has 0 saturated carbocycles. The molecule has 1 atom stereocenters. The number of carbonyl (C=O) groups is 1. The van der Waals surface area contributed by atoms with Crippen LogP contribution in [0.4, 0.5) is 0 Å². The SMILES string of the molecule is O=C(O)c1ccc(COCC2COc3ccccc3O2)o1. The van der Waals surface area contributed by atoms with Crippen molar-refractivity contribution < 1.29 is 28.5 Å². The number of para-hydroxylation sites is 2. The molecule has 110 valence electrons. The molecule has 0 fully saturated rings. The van der Waals surface area contributed by atoms with Crippen molar-refractivity contribution in [3.8, 4) is 11.5 Å². The molecule has 1 aliphatic rings. The summed E-state index contributed by atoms with van der Waals surface area (Å²) >= 11 is 0. The summed E-state index contributed by atoms with van der Waals surface area (Å²) in [6.07, 6.45) is -0.200. The van der Waals surface area contributed by atoms with E-state index in [0.29, 0.717) is 24.7 Å². The second-order valence-corrected chi connectivity index (χ2v) is 4.58. The van der Waals surface area contributed by atoms with Crippen LogP contribution < -0.4 is 9.47 Å². The molecule has 0 amide bonds. The van der Waals surface area contributed by atoms with Gasteiger partial charge in [0.05, 0.1) is 6.61 Å². The van der Waals surface area contributed by atoms with E-state index in [4.69, 9.17) is 23.7 Å². The number of benzene rings is 1. The largest absolute Gasteiger partial charge is 0.486 e. The Morgan fingerprint density at radius 3 is 2.81 bits per heavy atom. The zero-order valence-electron chi connectivity index (χ0n) is 11.2. The van der Waals surface area contributed by atoms with Gasteiger partial charge in [0, 0.05) is 0 Å². The van der Waals surface area contributed by atoms with E-state index in [1.54, 1.807) is 6.07 Å². The van der Waals surface area contributed by atoms with Crippen molar-refractivity contribution >= 4 is 5.97 Å². The van der Waals surface area contributed by atoms with Crippen LogP contribution >= 0.6 is 0 Å². The Bertz CT molecular complexity index is 633. The van der Waals surface area contributed by atoms with Crippen LogP contribution in [0, 0.1) is 0 Å². The van der Waals surface area contributed by atoms with E-state index in [0.717, 1.165) is 5.75 Å². The zero-order chi connectivity index (χ0) is 14.7. The van der Waals surface area contributed by atoms with Crippen molar-refractivity contribution in [2.24, 2.45) is 0 Å². The van der Waals surface area contributed by atoms with Gasteiger partial charge in [-0.05, 0) is 24.3 Å². The summed E-state index contributed by atoms with van der Waals surface area (Å²) in [4.78, 5) is 10.7. The van der Waals surface area contributed by atoms with Crippen molar-refractivity contribution in [1.82, 2.24) is 0 Å². The van der Waals surface area contributed by atoms with Crippen LogP contribution in [0.25, 0.3) is 0 Å². The normalized spacial score (nSPS) is 16.7. The number of rotatable bonds is 5. The topological polar surface area (TPSA) is 78.1 Å². The highest BCUT2D eigenvalue weighted by Gasteiger charge is 2.20. The molecule has 21 heavy (non-hydrogen) atoms. The van der Waals surface area contributed by atoms with E-state index >= 15 is 0 Å². The van der Waals surface area contributed by atoms with Gasteiger partial charge >= 0.3 is 5.97 Å². The maximum Gasteiger partial charge on any atom is 0.371 e. The third-order valence-corrected chi connectivity index (χ3v) is 2.99. The molecule has 0 aliphatic carbocycles. The number of aromatic carboxylic acids is 1. The van der Waals surface area contributed by atoms with Crippen molar-refractivity contribution in [3.05, 3.63) is 47.9 Å². The average Bonchev–Trinajstić information content (AvgIpc) is 2.96. The number of ether oxygens (including phenoxy) is 3. The quantitative estimate of drug-likeness (QED) is 0.910. The first-order chi connectivity index (χ1) is 10.2. The van der Waals surface area contributed by atoms with E-state index in [9.17, 15) is 4.79 Å². The summed E-state index contributed by atoms with van der Waals surface area (Å²) < 4.78 is 21.9. The van der Waals surface area contributed by atoms with Gasteiger partial charge in [0.1, 0.15) is 19.0 Å². The van der Waals surface area contributed by atoms with Crippen LogP contribution in [-0.2, 0) is 11.3 Å². The fraction of sp³-hybridized carbons (Fsp3) is 0.267. The van der Waals surface area contributed by atoms with E-state index in [1.807, 2.05) is 24.3 Å². The Kier molecular flexibility index (Phi) is 3.79. The molecule has 0 spiro atoms. The molecule has 3 rings (SSSR count). The second-order valence-electron chi connectivity index (χ2n) is 4.58. The number of hydrogen-bond donors (Lipinski definition) is 1. The summed E-state index contributed by atoms with van der Waals surface area (Å²) in [6, 6.07) is 10.4. The molecule has 1 aromatic carbocycles. The highest BCUT2D eigenvalue weighted by molar-refractivity contribution is 5.84. The van der Waals surface area contributed by atoms with Gasteiger partial charge in [-0.15, -0.1) is 0 Å². The van der Waals surface area contributed by atoms with E-state index in [1.165, 1.54) is 6.07 Å². The second kappa shape index (κ2) is 5.88. The summed E-state index contributed by atoms with van der Waals surface area (Å²) in [5.41, 5.74) is 0. The lowest BCUT2D eigenvalue weighted by Gasteiger charge is -2.26. The van der Waals surface area contributed by atoms with Gasteiger partial charge < -0.3 is 23.7 Å². The molecular formula is C15H14O6. The maximum atomic E-state index is 10.7. The van der Waals surface area contributed by atoms with E-state index in [2.05, 4.69) is 0 Å². The fourth-order valence-electron chi connectivity index (χ4n) is 2.01. The van der Waals surface area contributed by atoms with Crippen LogP contribution in [0.5, 0.6) is 11.5 Å². The number of fused-ring (bicyclic) bond motifs is 1. The van der Waals surface area contributed by atoms with Gasteiger partial charge in [-0.25, -0.2) is 4.79 Å². The summed E-state index contributed by atoms with van der Waals surface area (Å²) in [5.74, 6) is 0.695. The molecule has 1 N–H and O–H groups in total. The molecule has 2 aromatic rings. The Morgan fingerprint density at radius 2 is 2.05 bits per heavy atom. The van der Waals surface area contributed by atoms with Crippen LogP contribution in [0.1, 0.15) is 16.3 Å². The molecule has 1 aliphatic heterocycles. The van der Waals surface area contributed by atoms with Crippen molar-refractivity contribution in [3.63, 3.8) is 0 Å². The predicted molar refractivity (Wildman–Crippen MR) is 71.7 cm³/mol. The minimum Gasteiger partial charge on any atom is -0.486 e. The average molecular weight is 290 g/mol. The van der Waals surface area contributed by atoms with Crippen LogP contribution in [-0.4, -0.2) is 30.4 Å². The number of hydrogen-bond acceptors (Lipinski definition) is 5. The van der Waals surface area contributed by atoms with E-state index < -0.39 is 5.97 Å². The Hall–Kier alpha value is -2.47. The zero-order valence-corrected chi connectivity index (χ0v) is 11.2. The predicted octanol–water partition coefficient (Wildman–Crippen LogP) is 2.33. The van der Waals surface area contributed by atoms with Crippen LogP contribution in [0.2, 0.25) is 0 Å². The Labute approximate surface area is 120 Å². The number of carboxylic acid groups (broad SMARTS) is 1. The molecular weight excluding hydrogens is 276 g/mol. The van der Waals surface area contributed by atoms with Gasteiger partial charge in [-0.1, -0.05) is 12.1 Å². The molecule has 6 heteroatoms. The summed E-state index contributed by atoms with van der Waals surface area (Å²) in [6.45, 7) is 0.932. The standard InChI is InChI=1S/C15H14O6/c16-15(17)14-6-5-10(20-14)7-18-8-11-9-19-12-3-1-2-4-13(12)21-11/h1-6,11H,7-9H2,(H,16,17). The fourth-order valence-corrected chi connectivity index (χ4v) is 2.01. The van der Waals surface area contributed by atoms with E-state index in [-0.39, 0.29) is 18.5 Å². The maximum absolute atomic E-state index is 10.7. The molecule has 6 nitrogen and oxygen atoms in total. The molecule has 0 radical (unpaired) electrons. The van der Waals surface area contributed by atoms with Crippen molar-refractivity contribution in [2.75, 3.05) is 13.2 Å². The third-order valence-electron chi connectivity index (χ3n) is 2.99. The van der Waals surface area contributed by atoms with Gasteiger partial charge in [0.2, 0.25) is 5.76 Å². The minimum atomic E-state index is -1.10. The first-order valence-electron chi connectivity index (χ1n) is 6.50. The van der Waals surface area contributed by atoms with Gasteiger partial charge in [-0.2, -0.15) is 0 Å². The first kappa shape index (κ1) is 13.5.